The Morgan fingerprint density at radius 2 is 1.57 bits per heavy atom. The van der Waals surface area contributed by atoms with Crippen LogP contribution in [0.1, 0.15) is 0 Å². The van der Waals surface area contributed by atoms with Crippen LogP contribution in [0.15, 0.2) is 71.6 Å². The third-order valence-corrected chi connectivity index (χ3v) is 5.51. The van der Waals surface area contributed by atoms with E-state index < -0.39 is 14.9 Å². The number of hydrogen-bond acceptors (Lipinski definition) is 5. The van der Waals surface area contributed by atoms with Gasteiger partial charge in [-0.15, -0.1) is 0 Å². The van der Waals surface area contributed by atoms with Crippen molar-refractivity contribution in [3.8, 4) is 11.5 Å². The van der Waals surface area contributed by atoms with Gasteiger partial charge in [-0.1, -0.05) is 23.2 Å². The van der Waals surface area contributed by atoms with Crippen molar-refractivity contribution in [2.45, 2.75) is 4.90 Å². The number of rotatable bonds is 6. The van der Waals surface area contributed by atoms with Gasteiger partial charge in [0.05, 0.1) is 14.8 Å². The van der Waals surface area contributed by atoms with E-state index in [4.69, 9.17) is 27.9 Å². The first-order chi connectivity index (χ1) is 13.2. The number of sulfonamides is 1. The van der Waals surface area contributed by atoms with Gasteiger partial charge in [0.25, 0.3) is 15.7 Å². The standard InChI is InChI=1S/C18H12Cl2N2O5S/c19-12-1-10-18(17(20)11-12)27-15-6-2-13(3-7-15)21-28(25,26)16-8-4-14(5-9-16)22(23)24/h1-11,21H. The molecule has 0 aliphatic carbocycles. The average Bonchev–Trinajstić information content (AvgIpc) is 2.65. The van der Waals surface area contributed by atoms with Gasteiger partial charge >= 0.3 is 0 Å². The Labute approximate surface area is 170 Å². The van der Waals surface area contributed by atoms with Gasteiger partial charge in [0, 0.05) is 22.8 Å². The van der Waals surface area contributed by atoms with Crippen LogP contribution in [0.25, 0.3) is 0 Å². The number of halogens is 2. The van der Waals surface area contributed by atoms with Crippen LogP contribution in [0.2, 0.25) is 10.0 Å². The van der Waals surface area contributed by atoms with Gasteiger partial charge in [-0.05, 0) is 54.6 Å². The Morgan fingerprint density at radius 3 is 2.14 bits per heavy atom. The molecule has 0 amide bonds. The molecule has 0 atom stereocenters. The molecule has 0 aliphatic rings. The summed E-state index contributed by atoms with van der Waals surface area (Å²) in [6.07, 6.45) is 0. The van der Waals surface area contributed by atoms with E-state index in [1.807, 2.05) is 0 Å². The monoisotopic (exact) mass is 438 g/mol. The first-order valence-electron chi connectivity index (χ1n) is 7.75. The summed E-state index contributed by atoms with van der Waals surface area (Å²) in [6, 6.07) is 15.6. The van der Waals surface area contributed by atoms with Gasteiger partial charge in [-0.2, -0.15) is 0 Å². The van der Waals surface area contributed by atoms with E-state index in [2.05, 4.69) is 4.72 Å². The van der Waals surface area contributed by atoms with Crippen LogP contribution in [0, 0.1) is 10.1 Å². The molecule has 28 heavy (non-hydrogen) atoms. The van der Waals surface area contributed by atoms with Crippen molar-refractivity contribution in [1.29, 1.82) is 0 Å². The summed E-state index contributed by atoms with van der Waals surface area (Å²) in [5.41, 5.74) is 0.106. The predicted molar refractivity (Wildman–Crippen MR) is 107 cm³/mol. The van der Waals surface area contributed by atoms with E-state index in [1.165, 1.54) is 24.3 Å². The van der Waals surface area contributed by atoms with E-state index in [0.29, 0.717) is 27.2 Å². The molecular formula is C18H12Cl2N2O5S. The summed E-state index contributed by atoms with van der Waals surface area (Å²) in [4.78, 5) is 9.97. The molecule has 7 nitrogen and oxygen atoms in total. The minimum Gasteiger partial charge on any atom is -0.456 e. The second-order valence-corrected chi connectivity index (χ2v) is 8.08. The first-order valence-corrected chi connectivity index (χ1v) is 9.99. The lowest BCUT2D eigenvalue weighted by Gasteiger charge is -2.10. The largest absolute Gasteiger partial charge is 0.456 e. The molecule has 0 aliphatic heterocycles. The number of benzene rings is 3. The first kappa shape index (κ1) is 19.9. The summed E-state index contributed by atoms with van der Waals surface area (Å²) >= 11 is 11.9. The van der Waals surface area contributed by atoms with E-state index >= 15 is 0 Å². The lowest BCUT2D eigenvalue weighted by Crippen LogP contribution is -2.12. The van der Waals surface area contributed by atoms with Gasteiger partial charge in [-0.3, -0.25) is 14.8 Å². The van der Waals surface area contributed by atoms with Crippen LogP contribution in [0.4, 0.5) is 11.4 Å². The van der Waals surface area contributed by atoms with Gasteiger partial charge in [0.2, 0.25) is 0 Å². The number of nitro groups is 1. The van der Waals surface area contributed by atoms with E-state index in [1.54, 1.807) is 30.3 Å². The Kier molecular flexibility index (Phi) is 5.73. The molecule has 0 unspecified atom stereocenters. The summed E-state index contributed by atoms with van der Waals surface area (Å²) in [5.74, 6) is 0.854. The van der Waals surface area contributed by atoms with Crippen LogP contribution in [-0.2, 0) is 10.0 Å². The summed E-state index contributed by atoms with van der Waals surface area (Å²) in [6.45, 7) is 0. The minimum absolute atomic E-state index is 0.0913. The zero-order valence-corrected chi connectivity index (χ0v) is 16.3. The summed E-state index contributed by atoms with van der Waals surface area (Å²) in [7, 11) is -3.89. The molecule has 3 rings (SSSR count). The lowest BCUT2D eigenvalue weighted by molar-refractivity contribution is -0.384. The molecule has 10 heteroatoms. The van der Waals surface area contributed by atoms with Crippen LogP contribution in [0.5, 0.6) is 11.5 Å². The number of nitro benzene ring substituents is 1. The Balaban J connectivity index is 1.73. The maximum Gasteiger partial charge on any atom is 0.269 e. The molecule has 0 saturated heterocycles. The molecule has 0 heterocycles. The topological polar surface area (TPSA) is 98.5 Å². The molecule has 3 aromatic rings. The van der Waals surface area contributed by atoms with E-state index in [0.717, 1.165) is 12.1 Å². The Morgan fingerprint density at radius 1 is 0.929 bits per heavy atom. The molecule has 3 aromatic carbocycles. The fourth-order valence-electron chi connectivity index (χ4n) is 2.24. The predicted octanol–water partition coefficient (Wildman–Crippen LogP) is 5.49. The van der Waals surface area contributed by atoms with Crippen molar-refractivity contribution in [3.05, 3.63) is 86.9 Å². The highest BCUT2D eigenvalue weighted by molar-refractivity contribution is 7.92. The van der Waals surface area contributed by atoms with Crippen molar-refractivity contribution in [1.82, 2.24) is 0 Å². The normalized spacial score (nSPS) is 11.1. The second kappa shape index (κ2) is 8.05. The number of anilines is 1. The lowest BCUT2D eigenvalue weighted by atomic mass is 10.3. The van der Waals surface area contributed by atoms with Crippen molar-refractivity contribution < 1.29 is 18.1 Å². The Bertz CT molecular complexity index is 1120. The highest BCUT2D eigenvalue weighted by atomic mass is 35.5. The third kappa shape index (κ3) is 4.72. The number of nitrogens with zero attached hydrogens (tertiary/aromatic N) is 1. The van der Waals surface area contributed by atoms with Gasteiger partial charge in [0.1, 0.15) is 11.5 Å². The van der Waals surface area contributed by atoms with Crippen LogP contribution < -0.4 is 9.46 Å². The van der Waals surface area contributed by atoms with Crippen molar-refractivity contribution >= 4 is 44.6 Å². The fourth-order valence-corrected chi connectivity index (χ4v) is 3.74. The zero-order valence-electron chi connectivity index (χ0n) is 14.0. The average molecular weight is 439 g/mol. The molecule has 1 N–H and O–H groups in total. The maximum atomic E-state index is 12.4. The molecule has 0 aromatic heterocycles. The minimum atomic E-state index is -3.89. The molecule has 0 spiro atoms. The smallest absolute Gasteiger partial charge is 0.269 e. The van der Waals surface area contributed by atoms with Crippen molar-refractivity contribution in [2.24, 2.45) is 0 Å². The van der Waals surface area contributed by atoms with Crippen molar-refractivity contribution in [3.63, 3.8) is 0 Å². The third-order valence-electron chi connectivity index (χ3n) is 3.59. The molecule has 0 fully saturated rings. The number of non-ortho nitro benzene ring substituents is 1. The van der Waals surface area contributed by atoms with Crippen molar-refractivity contribution in [2.75, 3.05) is 4.72 Å². The number of ether oxygens (including phenoxy) is 1. The SMILES string of the molecule is O=[N+]([O-])c1ccc(S(=O)(=O)Nc2ccc(Oc3ccc(Cl)cc3Cl)cc2)cc1. The van der Waals surface area contributed by atoms with Crippen LogP contribution >= 0.6 is 23.2 Å². The van der Waals surface area contributed by atoms with Crippen LogP contribution in [-0.4, -0.2) is 13.3 Å². The highest BCUT2D eigenvalue weighted by Crippen LogP contribution is 2.32. The van der Waals surface area contributed by atoms with Gasteiger partial charge in [-0.25, -0.2) is 8.42 Å². The molecule has 144 valence electrons. The zero-order chi connectivity index (χ0) is 20.3. The number of hydrogen-bond donors (Lipinski definition) is 1. The highest BCUT2D eigenvalue weighted by Gasteiger charge is 2.16. The molecular weight excluding hydrogens is 427 g/mol. The summed E-state index contributed by atoms with van der Waals surface area (Å²) in [5, 5.41) is 11.5. The van der Waals surface area contributed by atoms with Crippen LogP contribution in [0.3, 0.4) is 0 Å². The molecule has 0 radical (unpaired) electrons. The second-order valence-electron chi connectivity index (χ2n) is 5.56. The van der Waals surface area contributed by atoms with E-state index in [-0.39, 0.29) is 10.6 Å². The van der Waals surface area contributed by atoms with Gasteiger partial charge < -0.3 is 4.74 Å². The molecule has 0 saturated carbocycles. The van der Waals surface area contributed by atoms with Gasteiger partial charge in [0.15, 0.2) is 0 Å². The quantitative estimate of drug-likeness (QED) is 0.404. The maximum absolute atomic E-state index is 12.4. The Hall–Kier alpha value is -2.81. The fraction of sp³-hybridized carbons (Fsp3) is 0. The summed E-state index contributed by atoms with van der Waals surface area (Å²) < 4.78 is 32.8. The molecule has 0 bridgehead atoms. The number of nitrogens with one attached hydrogen (secondary N) is 1. The van der Waals surface area contributed by atoms with E-state index in [9.17, 15) is 18.5 Å².